The van der Waals surface area contributed by atoms with Crippen molar-refractivity contribution in [3.63, 3.8) is 0 Å². The fourth-order valence-corrected chi connectivity index (χ4v) is 2.25. The highest BCUT2D eigenvalue weighted by atomic mass is 15.3. The zero-order valence-electron chi connectivity index (χ0n) is 11.6. The Labute approximate surface area is 109 Å². The van der Waals surface area contributed by atoms with E-state index in [0.29, 0.717) is 6.04 Å². The third kappa shape index (κ3) is 2.73. The SMILES string of the molecule is Cc1nn(C)c(C)c1NC(C)Cc1ccccc1. The number of rotatable bonds is 4. The molecule has 0 saturated heterocycles. The molecule has 0 amide bonds. The molecule has 1 aromatic heterocycles. The summed E-state index contributed by atoms with van der Waals surface area (Å²) in [6.07, 6.45) is 1.02. The minimum atomic E-state index is 0.397. The molecule has 1 aromatic carbocycles. The van der Waals surface area contributed by atoms with Gasteiger partial charge in [0.25, 0.3) is 0 Å². The molecule has 3 heteroatoms. The third-order valence-corrected chi connectivity index (χ3v) is 3.28. The maximum absolute atomic E-state index is 4.42. The minimum absolute atomic E-state index is 0.397. The summed E-state index contributed by atoms with van der Waals surface area (Å²) in [6.45, 7) is 6.35. The van der Waals surface area contributed by atoms with E-state index in [9.17, 15) is 0 Å². The Bertz CT molecular complexity index is 514. The number of nitrogens with zero attached hydrogens (tertiary/aromatic N) is 2. The van der Waals surface area contributed by atoms with Gasteiger partial charge in [-0.3, -0.25) is 4.68 Å². The Morgan fingerprint density at radius 2 is 1.89 bits per heavy atom. The molecule has 18 heavy (non-hydrogen) atoms. The van der Waals surface area contributed by atoms with Crippen molar-refractivity contribution in [2.75, 3.05) is 5.32 Å². The molecular weight excluding hydrogens is 222 g/mol. The van der Waals surface area contributed by atoms with Crippen LogP contribution in [0.2, 0.25) is 0 Å². The largest absolute Gasteiger partial charge is 0.379 e. The molecule has 2 aromatic rings. The van der Waals surface area contributed by atoms with Gasteiger partial charge in [0.1, 0.15) is 0 Å². The lowest BCUT2D eigenvalue weighted by Gasteiger charge is -2.15. The van der Waals surface area contributed by atoms with E-state index in [0.717, 1.165) is 12.1 Å². The van der Waals surface area contributed by atoms with Crippen LogP contribution in [0.25, 0.3) is 0 Å². The van der Waals surface area contributed by atoms with E-state index in [1.165, 1.54) is 16.9 Å². The molecule has 3 nitrogen and oxygen atoms in total. The van der Waals surface area contributed by atoms with Gasteiger partial charge in [-0.1, -0.05) is 30.3 Å². The highest BCUT2D eigenvalue weighted by molar-refractivity contribution is 5.52. The van der Waals surface area contributed by atoms with Crippen LogP contribution in [0.1, 0.15) is 23.9 Å². The van der Waals surface area contributed by atoms with Gasteiger partial charge in [-0.05, 0) is 32.8 Å². The molecule has 1 atom stereocenters. The van der Waals surface area contributed by atoms with Crippen LogP contribution in [0, 0.1) is 13.8 Å². The highest BCUT2D eigenvalue weighted by Gasteiger charge is 2.11. The number of aromatic nitrogens is 2. The van der Waals surface area contributed by atoms with Gasteiger partial charge in [0.05, 0.1) is 17.1 Å². The Hall–Kier alpha value is -1.77. The first kappa shape index (κ1) is 12.7. The molecule has 0 radical (unpaired) electrons. The molecule has 96 valence electrons. The molecule has 1 N–H and O–H groups in total. The van der Waals surface area contributed by atoms with E-state index in [-0.39, 0.29) is 0 Å². The summed E-state index contributed by atoms with van der Waals surface area (Å²) in [4.78, 5) is 0. The second-order valence-electron chi connectivity index (χ2n) is 4.90. The van der Waals surface area contributed by atoms with Crippen molar-refractivity contribution >= 4 is 5.69 Å². The fraction of sp³-hybridized carbons (Fsp3) is 0.400. The van der Waals surface area contributed by atoms with Crippen LogP contribution >= 0.6 is 0 Å². The van der Waals surface area contributed by atoms with E-state index < -0.39 is 0 Å². The van der Waals surface area contributed by atoms with Crippen LogP contribution in [0.3, 0.4) is 0 Å². The number of anilines is 1. The summed E-state index contributed by atoms with van der Waals surface area (Å²) in [5.41, 5.74) is 4.78. The van der Waals surface area contributed by atoms with Gasteiger partial charge in [-0.2, -0.15) is 5.10 Å². The lowest BCUT2D eigenvalue weighted by molar-refractivity contribution is 0.730. The van der Waals surface area contributed by atoms with Crippen molar-refractivity contribution < 1.29 is 0 Å². The van der Waals surface area contributed by atoms with Gasteiger partial charge in [-0.15, -0.1) is 0 Å². The topological polar surface area (TPSA) is 29.9 Å². The van der Waals surface area contributed by atoms with Gasteiger partial charge >= 0.3 is 0 Å². The zero-order chi connectivity index (χ0) is 13.1. The van der Waals surface area contributed by atoms with Crippen molar-refractivity contribution in [2.45, 2.75) is 33.2 Å². The normalized spacial score (nSPS) is 12.4. The predicted molar refractivity (Wildman–Crippen MR) is 75.9 cm³/mol. The summed E-state index contributed by atoms with van der Waals surface area (Å²) in [5, 5.41) is 7.99. The van der Waals surface area contributed by atoms with Gasteiger partial charge < -0.3 is 5.32 Å². The fourth-order valence-electron chi connectivity index (χ4n) is 2.25. The highest BCUT2D eigenvalue weighted by Crippen LogP contribution is 2.20. The molecular formula is C15H21N3. The van der Waals surface area contributed by atoms with Gasteiger partial charge in [0.15, 0.2) is 0 Å². The number of nitrogens with one attached hydrogen (secondary N) is 1. The second-order valence-corrected chi connectivity index (χ2v) is 4.90. The van der Waals surface area contributed by atoms with Crippen molar-refractivity contribution in [3.05, 3.63) is 47.3 Å². The van der Waals surface area contributed by atoms with Crippen LogP contribution in [0.4, 0.5) is 5.69 Å². The van der Waals surface area contributed by atoms with Gasteiger partial charge in [0.2, 0.25) is 0 Å². The molecule has 1 unspecified atom stereocenters. The predicted octanol–water partition coefficient (Wildman–Crippen LogP) is 3.08. The van der Waals surface area contributed by atoms with E-state index in [2.05, 4.69) is 54.6 Å². The van der Waals surface area contributed by atoms with Crippen LogP contribution in [-0.2, 0) is 13.5 Å². The molecule has 2 rings (SSSR count). The maximum Gasteiger partial charge on any atom is 0.0827 e. The van der Waals surface area contributed by atoms with Crippen molar-refractivity contribution in [2.24, 2.45) is 7.05 Å². The van der Waals surface area contributed by atoms with Gasteiger partial charge in [-0.25, -0.2) is 0 Å². The summed E-state index contributed by atoms with van der Waals surface area (Å²) < 4.78 is 1.92. The lowest BCUT2D eigenvalue weighted by Crippen LogP contribution is -2.18. The number of hydrogen-bond donors (Lipinski definition) is 1. The lowest BCUT2D eigenvalue weighted by atomic mass is 10.1. The van der Waals surface area contributed by atoms with E-state index in [1.54, 1.807) is 0 Å². The average molecular weight is 243 g/mol. The Balaban J connectivity index is 2.05. The van der Waals surface area contributed by atoms with Crippen LogP contribution in [-0.4, -0.2) is 15.8 Å². The molecule has 0 bridgehead atoms. The van der Waals surface area contributed by atoms with Crippen molar-refractivity contribution in [1.29, 1.82) is 0 Å². The first-order chi connectivity index (χ1) is 8.58. The molecule has 0 spiro atoms. The molecule has 0 fully saturated rings. The number of benzene rings is 1. The Morgan fingerprint density at radius 1 is 1.22 bits per heavy atom. The average Bonchev–Trinajstić information content (AvgIpc) is 2.57. The van der Waals surface area contributed by atoms with Crippen molar-refractivity contribution in [3.8, 4) is 0 Å². The smallest absolute Gasteiger partial charge is 0.0827 e. The summed E-state index contributed by atoms with van der Waals surface area (Å²) >= 11 is 0. The number of aryl methyl sites for hydroxylation is 2. The summed E-state index contributed by atoms with van der Waals surface area (Å²) in [6, 6.07) is 11.0. The second kappa shape index (κ2) is 5.25. The minimum Gasteiger partial charge on any atom is -0.379 e. The Morgan fingerprint density at radius 3 is 2.44 bits per heavy atom. The van der Waals surface area contributed by atoms with E-state index >= 15 is 0 Å². The summed E-state index contributed by atoms with van der Waals surface area (Å²) in [5.74, 6) is 0. The molecule has 0 saturated carbocycles. The van der Waals surface area contributed by atoms with Crippen LogP contribution < -0.4 is 5.32 Å². The Kier molecular flexibility index (Phi) is 3.70. The van der Waals surface area contributed by atoms with Crippen molar-refractivity contribution in [1.82, 2.24) is 9.78 Å². The van der Waals surface area contributed by atoms with Crippen LogP contribution in [0.15, 0.2) is 30.3 Å². The molecule has 0 aliphatic rings. The standard InChI is InChI=1S/C15H21N3/c1-11(10-14-8-6-5-7-9-14)16-15-12(2)17-18(4)13(15)3/h5-9,11,16H,10H2,1-4H3. The van der Waals surface area contributed by atoms with Gasteiger partial charge in [0, 0.05) is 13.1 Å². The molecule has 0 aliphatic carbocycles. The zero-order valence-corrected chi connectivity index (χ0v) is 11.6. The number of hydrogen-bond acceptors (Lipinski definition) is 2. The van der Waals surface area contributed by atoms with E-state index in [4.69, 9.17) is 0 Å². The quantitative estimate of drug-likeness (QED) is 0.894. The first-order valence-corrected chi connectivity index (χ1v) is 6.38. The monoisotopic (exact) mass is 243 g/mol. The van der Waals surface area contributed by atoms with Crippen LogP contribution in [0.5, 0.6) is 0 Å². The molecule has 1 heterocycles. The summed E-state index contributed by atoms with van der Waals surface area (Å²) in [7, 11) is 1.98. The van der Waals surface area contributed by atoms with E-state index in [1.807, 2.05) is 18.7 Å². The third-order valence-electron chi connectivity index (χ3n) is 3.28. The molecule has 0 aliphatic heterocycles. The maximum atomic E-state index is 4.42. The first-order valence-electron chi connectivity index (χ1n) is 6.38.